The lowest BCUT2D eigenvalue weighted by atomic mass is 10.1. The lowest BCUT2D eigenvalue weighted by Crippen LogP contribution is -2.37. The van der Waals surface area contributed by atoms with Crippen molar-refractivity contribution in [1.82, 2.24) is 9.80 Å². The van der Waals surface area contributed by atoms with Crippen LogP contribution in [0.15, 0.2) is 0 Å². The minimum Gasteiger partial charge on any atom is -0.342 e. The quantitative estimate of drug-likeness (QED) is 0.731. The second-order valence-corrected chi connectivity index (χ2v) is 5.95. The highest BCUT2D eigenvalue weighted by molar-refractivity contribution is 5.79. The topological polar surface area (TPSA) is 23.6 Å². The molecule has 0 bridgehead atoms. The maximum absolute atomic E-state index is 12.3. The number of amides is 1. The Kier molecular flexibility index (Phi) is 3.37. The number of carbonyl (C=O) groups is 1. The van der Waals surface area contributed by atoms with Crippen LogP contribution in [0, 0.1) is 5.92 Å². The standard InChI is InChI=1S/C14H24N2O/c17-14(15-8-3-4-9-15)12-7-10-16(11-12)13-5-1-2-6-13/h12-13H,1-11H2. The van der Waals surface area contributed by atoms with Gasteiger partial charge in [-0.2, -0.15) is 0 Å². The predicted molar refractivity (Wildman–Crippen MR) is 67.8 cm³/mol. The highest BCUT2D eigenvalue weighted by Crippen LogP contribution is 2.29. The zero-order valence-corrected chi connectivity index (χ0v) is 10.7. The Balaban J connectivity index is 1.54. The summed E-state index contributed by atoms with van der Waals surface area (Å²) in [5.41, 5.74) is 0. The van der Waals surface area contributed by atoms with E-state index in [2.05, 4.69) is 9.80 Å². The van der Waals surface area contributed by atoms with Crippen molar-refractivity contribution in [3.63, 3.8) is 0 Å². The van der Waals surface area contributed by atoms with Crippen molar-refractivity contribution in [2.45, 2.75) is 51.0 Å². The van der Waals surface area contributed by atoms with Gasteiger partial charge in [-0.15, -0.1) is 0 Å². The number of hydrogen-bond donors (Lipinski definition) is 0. The van der Waals surface area contributed by atoms with Gasteiger partial charge in [0.25, 0.3) is 0 Å². The number of rotatable bonds is 2. The lowest BCUT2D eigenvalue weighted by molar-refractivity contribution is -0.134. The molecule has 2 saturated heterocycles. The molecule has 0 N–H and O–H groups in total. The zero-order chi connectivity index (χ0) is 11.7. The van der Waals surface area contributed by atoms with Gasteiger partial charge in [0.2, 0.25) is 5.91 Å². The van der Waals surface area contributed by atoms with E-state index >= 15 is 0 Å². The maximum atomic E-state index is 12.3. The molecule has 96 valence electrons. The van der Waals surface area contributed by atoms with Crippen LogP contribution in [-0.4, -0.2) is 47.9 Å². The van der Waals surface area contributed by atoms with Crippen LogP contribution in [0.5, 0.6) is 0 Å². The molecule has 17 heavy (non-hydrogen) atoms. The van der Waals surface area contributed by atoms with Crippen LogP contribution in [0.2, 0.25) is 0 Å². The smallest absolute Gasteiger partial charge is 0.227 e. The van der Waals surface area contributed by atoms with E-state index in [1.54, 1.807) is 0 Å². The van der Waals surface area contributed by atoms with E-state index in [9.17, 15) is 4.79 Å². The summed E-state index contributed by atoms with van der Waals surface area (Å²) in [5, 5.41) is 0. The zero-order valence-electron chi connectivity index (χ0n) is 10.7. The van der Waals surface area contributed by atoms with Gasteiger partial charge in [-0.3, -0.25) is 9.69 Å². The van der Waals surface area contributed by atoms with Crippen LogP contribution in [0.25, 0.3) is 0 Å². The molecule has 3 heteroatoms. The number of hydrogen-bond acceptors (Lipinski definition) is 2. The first kappa shape index (κ1) is 11.5. The second kappa shape index (κ2) is 4.97. The molecule has 1 saturated carbocycles. The number of likely N-dealkylation sites (tertiary alicyclic amines) is 2. The van der Waals surface area contributed by atoms with E-state index in [1.807, 2.05) is 0 Å². The summed E-state index contributed by atoms with van der Waals surface area (Å²) in [4.78, 5) is 17.0. The lowest BCUT2D eigenvalue weighted by Gasteiger charge is -2.24. The normalized spacial score (nSPS) is 31.5. The van der Waals surface area contributed by atoms with Gasteiger partial charge < -0.3 is 4.90 Å². The molecule has 3 fully saturated rings. The molecule has 3 rings (SSSR count). The van der Waals surface area contributed by atoms with Gasteiger partial charge >= 0.3 is 0 Å². The van der Waals surface area contributed by atoms with Crippen LogP contribution in [0.4, 0.5) is 0 Å². The van der Waals surface area contributed by atoms with Gasteiger partial charge in [0.05, 0.1) is 5.92 Å². The van der Waals surface area contributed by atoms with Crippen LogP contribution in [0.1, 0.15) is 44.9 Å². The maximum Gasteiger partial charge on any atom is 0.227 e. The van der Waals surface area contributed by atoms with Crippen molar-refractivity contribution < 1.29 is 4.79 Å². The van der Waals surface area contributed by atoms with Gasteiger partial charge in [-0.1, -0.05) is 12.8 Å². The Morgan fingerprint density at radius 3 is 2.29 bits per heavy atom. The van der Waals surface area contributed by atoms with Gasteiger partial charge in [0.15, 0.2) is 0 Å². The second-order valence-electron chi connectivity index (χ2n) is 5.95. The first-order valence-electron chi connectivity index (χ1n) is 7.37. The third-order valence-corrected chi connectivity index (χ3v) is 4.83. The Labute approximate surface area is 104 Å². The summed E-state index contributed by atoms with van der Waals surface area (Å²) in [5.74, 6) is 0.761. The average molecular weight is 236 g/mol. The van der Waals surface area contributed by atoms with Crippen LogP contribution in [-0.2, 0) is 4.79 Å². The molecule has 2 heterocycles. The summed E-state index contributed by atoms with van der Waals surface area (Å²) in [6, 6.07) is 0.798. The average Bonchev–Trinajstić information content (AvgIpc) is 3.09. The fourth-order valence-corrected chi connectivity index (χ4v) is 3.79. The Morgan fingerprint density at radius 1 is 0.882 bits per heavy atom. The van der Waals surface area contributed by atoms with Crippen LogP contribution in [0.3, 0.4) is 0 Å². The minimum absolute atomic E-state index is 0.314. The molecule has 2 aliphatic heterocycles. The monoisotopic (exact) mass is 236 g/mol. The summed E-state index contributed by atoms with van der Waals surface area (Å²) in [6.07, 6.45) is 9.05. The molecule has 0 aromatic rings. The molecule has 1 unspecified atom stereocenters. The van der Waals surface area contributed by atoms with Crippen molar-refractivity contribution in [2.24, 2.45) is 5.92 Å². The van der Waals surface area contributed by atoms with Crippen LogP contribution < -0.4 is 0 Å². The molecule has 0 aromatic heterocycles. The summed E-state index contributed by atoms with van der Waals surface area (Å²) in [7, 11) is 0. The fraction of sp³-hybridized carbons (Fsp3) is 0.929. The molecule has 1 amide bonds. The molecular formula is C14H24N2O. The van der Waals surface area contributed by atoms with E-state index in [1.165, 1.54) is 38.5 Å². The molecular weight excluding hydrogens is 212 g/mol. The van der Waals surface area contributed by atoms with Gasteiger partial charge in [0, 0.05) is 25.7 Å². The number of nitrogens with zero attached hydrogens (tertiary/aromatic N) is 2. The molecule has 0 spiro atoms. The fourth-order valence-electron chi connectivity index (χ4n) is 3.79. The molecule has 1 aliphatic carbocycles. The Morgan fingerprint density at radius 2 is 1.59 bits per heavy atom. The summed E-state index contributed by atoms with van der Waals surface area (Å²) < 4.78 is 0. The summed E-state index contributed by atoms with van der Waals surface area (Å²) >= 11 is 0. The number of carbonyl (C=O) groups excluding carboxylic acids is 1. The van der Waals surface area contributed by atoms with Crippen LogP contribution >= 0.6 is 0 Å². The van der Waals surface area contributed by atoms with Crippen molar-refractivity contribution in [3.8, 4) is 0 Å². The van der Waals surface area contributed by atoms with Crippen molar-refractivity contribution >= 4 is 5.91 Å². The van der Waals surface area contributed by atoms with E-state index in [4.69, 9.17) is 0 Å². The van der Waals surface area contributed by atoms with Crippen molar-refractivity contribution in [1.29, 1.82) is 0 Å². The predicted octanol–water partition coefficient (Wildman–Crippen LogP) is 1.87. The first-order valence-corrected chi connectivity index (χ1v) is 7.37. The van der Waals surface area contributed by atoms with E-state index in [-0.39, 0.29) is 0 Å². The molecule has 1 atom stereocenters. The largest absolute Gasteiger partial charge is 0.342 e. The van der Waals surface area contributed by atoms with Gasteiger partial charge in [-0.05, 0) is 38.6 Å². The van der Waals surface area contributed by atoms with Gasteiger partial charge in [0.1, 0.15) is 0 Å². The van der Waals surface area contributed by atoms with E-state index in [0.29, 0.717) is 11.8 Å². The molecule has 3 nitrogen and oxygen atoms in total. The summed E-state index contributed by atoms with van der Waals surface area (Å²) in [6.45, 7) is 4.23. The highest BCUT2D eigenvalue weighted by Gasteiger charge is 2.35. The Hall–Kier alpha value is -0.570. The van der Waals surface area contributed by atoms with Crippen molar-refractivity contribution in [2.75, 3.05) is 26.2 Å². The van der Waals surface area contributed by atoms with E-state index in [0.717, 1.165) is 38.6 Å². The third-order valence-electron chi connectivity index (χ3n) is 4.83. The SMILES string of the molecule is O=C(C1CCN(C2CCCC2)C1)N1CCCC1. The van der Waals surface area contributed by atoms with Crippen molar-refractivity contribution in [3.05, 3.63) is 0 Å². The highest BCUT2D eigenvalue weighted by atomic mass is 16.2. The molecule has 3 aliphatic rings. The molecule has 0 aromatic carbocycles. The Bertz CT molecular complexity index is 280. The van der Waals surface area contributed by atoms with Gasteiger partial charge in [-0.25, -0.2) is 0 Å². The minimum atomic E-state index is 0.314. The molecule has 0 radical (unpaired) electrons. The van der Waals surface area contributed by atoms with E-state index < -0.39 is 0 Å². The third kappa shape index (κ3) is 2.35. The first-order chi connectivity index (χ1) is 8.34.